The second-order valence-corrected chi connectivity index (χ2v) is 7.93. The van der Waals surface area contributed by atoms with Crippen LogP contribution >= 0.6 is 11.3 Å². The number of amides is 2. The van der Waals surface area contributed by atoms with Crippen molar-refractivity contribution >= 4 is 29.1 Å². The second-order valence-electron chi connectivity index (χ2n) is 7.01. The summed E-state index contributed by atoms with van der Waals surface area (Å²) in [6.45, 7) is 5.77. The van der Waals surface area contributed by atoms with Crippen molar-refractivity contribution in [2.75, 3.05) is 0 Å². The average Bonchev–Trinajstić information content (AvgIpc) is 3.24. The van der Waals surface area contributed by atoms with Gasteiger partial charge in [0.1, 0.15) is 0 Å². The van der Waals surface area contributed by atoms with Crippen LogP contribution in [0.2, 0.25) is 0 Å². The molecule has 2 aliphatic rings. The van der Waals surface area contributed by atoms with Crippen molar-refractivity contribution in [2.45, 2.75) is 33.6 Å². The minimum Gasteiger partial charge on any atom is -0.481 e. The van der Waals surface area contributed by atoms with E-state index >= 15 is 0 Å². The zero-order valence-electron chi connectivity index (χ0n) is 14.5. The molecule has 0 aromatic carbocycles. The number of carbonyl (C=O) groups excluding carboxylic acids is 2. The van der Waals surface area contributed by atoms with Crippen molar-refractivity contribution in [3.63, 3.8) is 0 Å². The Hall–Kier alpha value is -2.15. The van der Waals surface area contributed by atoms with Gasteiger partial charge in [-0.2, -0.15) is 0 Å². The van der Waals surface area contributed by atoms with E-state index in [-0.39, 0.29) is 17.7 Å². The van der Waals surface area contributed by atoms with Crippen LogP contribution in [0.15, 0.2) is 22.6 Å². The van der Waals surface area contributed by atoms with Crippen LogP contribution in [0.1, 0.15) is 41.9 Å². The molecule has 0 saturated heterocycles. The Morgan fingerprint density at radius 1 is 1.12 bits per heavy atom. The van der Waals surface area contributed by atoms with E-state index in [9.17, 15) is 19.5 Å². The van der Waals surface area contributed by atoms with E-state index in [0.29, 0.717) is 4.88 Å². The molecule has 3 rings (SSSR count). The monoisotopic (exact) mass is 362 g/mol. The van der Waals surface area contributed by atoms with Crippen LogP contribution in [-0.4, -0.2) is 22.9 Å². The summed E-state index contributed by atoms with van der Waals surface area (Å²) in [5.74, 6) is -3.20. The molecule has 6 nitrogen and oxygen atoms in total. The molecule has 0 radical (unpaired) electrons. The molecule has 3 N–H and O–H groups in total. The molecule has 4 atom stereocenters. The highest BCUT2D eigenvalue weighted by molar-refractivity contribution is 7.12. The summed E-state index contributed by atoms with van der Waals surface area (Å²) in [6, 6.07) is 1.83. The lowest BCUT2D eigenvalue weighted by Gasteiger charge is -2.26. The molecule has 134 valence electrons. The molecule has 1 aromatic rings. The number of carboxylic acid groups (broad SMARTS) is 1. The molecule has 2 saturated carbocycles. The molecule has 2 bridgehead atoms. The van der Waals surface area contributed by atoms with Gasteiger partial charge in [-0.3, -0.25) is 25.2 Å². The summed E-state index contributed by atoms with van der Waals surface area (Å²) in [4.78, 5) is 37.1. The van der Waals surface area contributed by atoms with Gasteiger partial charge in [0.05, 0.1) is 16.7 Å². The van der Waals surface area contributed by atoms with Crippen molar-refractivity contribution < 1.29 is 19.5 Å². The number of hydrogen-bond donors (Lipinski definition) is 3. The quantitative estimate of drug-likeness (QED) is 0.569. The smallest absolute Gasteiger partial charge is 0.307 e. The first kappa shape index (κ1) is 17.7. The number of hydrazine groups is 1. The van der Waals surface area contributed by atoms with Gasteiger partial charge in [-0.05, 0) is 62.5 Å². The van der Waals surface area contributed by atoms with Gasteiger partial charge in [-0.1, -0.05) is 11.1 Å². The molecule has 0 aliphatic heterocycles. The van der Waals surface area contributed by atoms with Crippen LogP contribution in [-0.2, 0) is 9.59 Å². The van der Waals surface area contributed by atoms with Crippen LogP contribution < -0.4 is 10.9 Å². The highest BCUT2D eigenvalue weighted by atomic mass is 32.1. The van der Waals surface area contributed by atoms with Crippen molar-refractivity contribution in [3.05, 3.63) is 33.0 Å². The highest BCUT2D eigenvalue weighted by Crippen LogP contribution is 2.57. The van der Waals surface area contributed by atoms with Crippen LogP contribution in [0.3, 0.4) is 0 Å². The molecule has 2 fully saturated rings. The number of fused-ring (bicyclic) bond motifs is 2. The van der Waals surface area contributed by atoms with Gasteiger partial charge in [0.15, 0.2) is 0 Å². The van der Waals surface area contributed by atoms with Crippen LogP contribution in [0.4, 0.5) is 0 Å². The van der Waals surface area contributed by atoms with E-state index in [1.165, 1.54) is 11.3 Å². The molecule has 25 heavy (non-hydrogen) atoms. The average molecular weight is 362 g/mol. The number of rotatable bonds is 3. The van der Waals surface area contributed by atoms with Crippen LogP contribution in [0.25, 0.3) is 0 Å². The third-order valence-electron chi connectivity index (χ3n) is 5.37. The minimum atomic E-state index is -0.938. The molecule has 7 heteroatoms. The zero-order valence-corrected chi connectivity index (χ0v) is 15.3. The number of thiophene rings is 1. The molecule has 1 aromatic heterocycles. The predicted molar refractivity (Wildman–Crippen MR) is 93.9 cm³/mol. The number of carboxylic acids is 1. The topological polar surface area (TPSA) is 95.5 Å². The van der Waals surface area contributed by atoms with E-state index in [0.717, 1.165) is 29.6 Å². The second kappa shape index (κ2) is 6.63. The van der Waals surface area contributed by atoms with Gasteiger partial charge in [-0.15, -0.1) is 11.3 Å². The zero-order chi connectivity index (χ0) is 18.3. The number of allylic oxidation sites excluding steroid dienone is 2. The lowest BCUT2D eigenvalue weighted by Crippen LogP contribution is -2.48. The third kappa shape index (κ3) is 2.97. The molecular weight excluding hydrogens is 340 g/mol. The summed E-state index contributed by atoms with van der Waals surface area (Å²) in [5, 5.41) is 11.4. The van der Waals surface area contributed by atoms with Crippen molar-refractivity contribution in [1.82, 2.24) is 10.9 Å². The molecular formula is C18H22N2O4S. The summed E-state index contributed by atoms with van der Waals surface area (Å²) in [5.41, 5.74) is 7.94. The lowest BCUT2D eigenvalue weighted by molar-refractivity contribution is -0.149. The number of carbonyl (C=O) groups is 3. The fourth-order valence-electron chi connectivity index (χ4n) is 4.47. The standard InChI is InChI=1S/C18H22N2O4S/c1-8(2)12-10-4-5-11(12)14(18(23)24)13(10)16(21)19-20-17(22)15-9(3)6-7-25-15/h6-7,10-11,13-14H,4-5H2,1-3H3,(H,19,21)(H,20,22)(H,23,24)/t10-,11+,13+,14-/m0/s1. The van der Waals surface area contributed by atoms with E-state index in [1.54, 1.807) is 0 Å². The summed E-state index contributed by atoms with van der Waals surface area (Å²) >= 11 is 1.30. The minimum absolute atomic E-state index is 0.0449. The fourth-order valence-corrected chi connectivity index (χ4v) is 5.29. The number of nitrogens with one attached hydrogen (secondary N) is 2. The first-order chi connectivity index (χ1) is 11.8. The van der Waals surface area contributed by atoms with Gasteiger partial charge in [0.2, 0.25) is 5.91 Å². The maximum Gasteiger partial charge on any atom is 0.307 e. The van der Waals surface area contributed by atoms with E-state index in [1.807, 2.05) is 32.2 Å². The van der Waals surface area contributed by atoms with Crippen molar-refractivity contribution in [1.29, 1.82) is 0 Å². The van der Waals surface area contributed by atoms with E-state index in [2.05, 4.69) is 10.9 Å². The van der Waals surface area contributed by atoms with Crippen LogP contribution in [0, 0.1) is 30.6 Å². The van der Waals surface area contributed by atoms with E-state index < -0.39 is 23.7 Å². The van der Waals surface area contributed by atoms with Crippen LogP contribution in [0.5, 0.6) is 0 Å². The summed E-state index contributed by atoms with van der Waals surface area (Å²) in [7, 11) is 0. The maximum absolute atomic E-state index is 12.7. The Bertz CT molecular complexity index is 763. The van der Waals surface area contributed by atoms with Gasteiger partial charge in [0.25, 0.3) is 5.91 Å². The first-order valence-corrected chi connectivity index (χ1v) is 9.25. The first-order valence-electron chi connectivity index (χ1n) is 8.37. The molecule has 0 unspecified atom stereocenters. The number of aliphatic carboxylic acids is 1. The van der Waals surface area contributed by atoms with Gasteiger partial charge < -0.3 is 5.11 Å². The molecule has 2 aliphatic carbocycles. The Balaban J connectivity index is 1.75. The van der Waals surface area contributed by atoms with Crippen molar-refractivity contribution in [2.24, 2.45) is 23.7 Å². The Labute approximate surface area is 150 Å². The Morgan fingerprint density at radius 3 is 2.28 bits per heavy atom. The third-order valence-corrected chi connectivity index (χ3v) is 6.39. The van der Waals surface area contributed by atoms with Gasteiger partial charge in [0, 0.05) is 0 Å². The largest absolute Gasteiger partial charge is 0.481 e. The van der Waals surface area contributed by atoms with E-state index in [4.69, 9.17) is 0 Å². The highest BCUT2D eigenvalue weighted by Gasteiger charge is 2.57. The summed E-state index contributed by atoms with van der Waals surface area (Å²) in [6.07, 6.45) is 1.64. The molecule has 1 heterocycles. The van der Waals surface area contributed by atoms with Gasteiger partial charge in [-0.25, -0.2) is 0 Å². The lowest BCUT2D eigenvalue weighted by atomic mass is 9.79. The maximum atomic E-state index is 12.7. The Morgan fingerprint density at radius 2 is 1.76 bits per heavy atom. The Kier molecular flexibility index (Phi) is 4.69. The summed E-state index contributed by atoms with van der Waals surface area (Å²) < 4.78 is 0. The molecule has 0 spiro atoms. The number of aryl methyl sites for hydroxylation is 1. The molecule has 2 amide bonds. The SMILES string of the molecule is CC(C)=C1[C@H]2CC[C@@H]1[C@@H](C(=O)NNC(=O)c1sccc1C)[C@H]2C(=O)O. The fraction of sp³-hybridized carbons (Fsp3) is 0.500. The van der Waals surface area contributed by atoms with Crippen molar-refractivity contribution in [3.8, 4) is 0 Å². The normalized spacial score (nSPS) is 27.2. The number of hydrogen-bond acceptors (Lipinski definition) is 4. The van der Waals surface area contributed by atoms with Gasteiger partial charge >= 0.3 is 5.97 Å². The predicted octanol–water partition coefficient (Wildman–Crippen LogP) is 2.51.